The summed E-state index contributed by atoms with van der Waals surface area (Å²) in [7, 11) is -8.12. The summed E-state index contributed by atoms with van der Waals surface area (Å²) in [5, 5.41) is 0.607. The summed E-state index contributed by atoms with van der Waals surface area (Å²) in [5.41, 5.74) is 1.99. The number of benzene rings is 2. The third-order valence-electron chi connectivity index (χ3n) is 6.71. The zero-order valence-electron chi connectivity index (χ0n) is 26.0. The van der Waals surface area contributed by atoms with E-state index in [4.69, 9.17) is 26.7 Å². The van der Waals surface area contributed by atoms with Gasteiger partial charge in [-0.15, -0.1) is 0 Å². The molecule has 0 aliphatic heterocycles. The number of carbonyl (C=O) groups excluding carboxylic acids is 1. The maximum atomic E-state index is 13.7. The average molecular weight is 655 g/mol. The molecule has 246 valence electrons. The number of ketones is 1. The van der Waals surface area contributed by atoms with Crippen molar-refractivity contribution in [3.8, 4) is 5.75 Å². The first-order valence-corrected chi connectivity index (χ1v) is 18.3. The lowest BCUT2D eigenvalue weighted by molar-refractivity contribution is 0.103. The molecule has 1 heterocycles. The maximum Gasteiger partial charge on any atom is 0.394 e. The Bertz CT molecular complexity index is 1520. The number of fused-ring (bicyclic) bond motifs is 1. The molecule has 2 aromatic carbocycles. The van der Waals surface area contributed by atoms with E-state index in [0.29, 0.717) is 46.6 Å². The van der Waals surface area contributed by atoms with Gasteiger partial charge in [0, 0.05) is 29.6 Å². The molecule has 0 aliphatic carbocycles. The number of anilines is 1. The van der Waals surface area contributed by atoms with Crippen LogP contribution < -0.4 is 9.46 Å². The van der Waals surface area contributed by atoms with Crippen molar-refractivity contribution in [1.29, 1.82) is 0 Å². The lowest BCUT2D eigenvalue weighted by Gasteiger charge is -2.21. The Hall–Kier alpha value is -2.97. The number of hydrogen-bond donors (Lipinski definition) is 3. The average Bonchev–Trinajstić information content (AvgIpc) is 3.30. The highest BCUT2D eigenvalue weighted by Crippen LogP contribution is 2.32. The zero-order valence-corrected chi connectivity index (χ0v) is 27.7. The van der Waals surface area contributed by atoms with Gasteiger partial charge in [0.05, 0.1) is 18.4 Å². The fourth-order valence-corrected chi connectivity index (χ4v) is 5.17. The van der Waals surface area contributed by atoms with Gasteiger partial charge >= 0.3 is 10.4 Å². The standard InChI is InChI=1S/C31H44N2O5S.H2O4S/c1-5-8-12-29-30(27-23-25(32-39(4,35)36)15-18-28(27)38-29)31(34)24-13-16-26(17-14-24)37-22-11-21-33(19-9-6-2)20-10-7-3;1-5(2,3)4/h13-18,23,32H,5-12,19-22H2,1-4H3;(H2,1,2,3,4). The van der Waals surface area contributed by atoms with Crippen molar-refractivity contribution in [3.63, 3.8) is 0 Å². The van der Waals surface area contributed by atoms with E-state index in [-0.39, 0.29) is 5.78 Å². The van der Waals surface area contributed by atoms with Crippen molar-refractivity contribution in [3.05, 3.63) is 59.4 Å². The number of ether oxygens (including phenoxy) is 1. The Morgan fingerprint density at radius 2 is 1.43 bits per heavy atom. The van der Waals surface area contributed by atoms with Crippen LogP contribution in [0.25, 0.3) is 11.0 Å². The maximum absolute atomic E-state index is 13.7. The van der Waals surface area contributed by atoms with E-state index in [1.54, 1.807) is 30.3 Å². The van der Waals surface area contributed by atoms with Gasteiger partial charge in [-0.2, -0.15) is 8.42 Å². The fourth-order valence-electron chi connectivity index (χ4n) is 4.61. The van der Waals surface area contributed by atoms with E-state index >= 15 is 0 Å². The number of hydrogen-bond acceptors (Lipinski definition) is 8. The molecule has 0 radical (unpaired) electrons. The number of nitrogens with one attached hydrogen (secondary N) is 1. The molecule has 11 nitrogen and oxygen atoms in total. The largest absolute Gasteiger partial charge is 0.494 e. The Kier molecular flexibility index (Phi) is 15.3. The summed E-state index contributed by atoms with van der Waals surface area (Å²) >= 11 is 0. The van der Waals surface area contributed by atoms with Gasteiger partial charge in [0.2, 0.25) is 10.0 Å². The van der Waals surface area contributed by atoms with Crippen LogP contribution >= 0.6 is 0 Å². The van der Waals surface area contributed by atoms with Crippen molar-refractivity contribution in [2.45, 2.75) is 72.1 Å². The molecule has 3 N–H and O–H groups in total. The van der Waals surface area contributed by atoms with Crippen LogP contribution in [0, 0.1) is 0 Å². The first kappa shape index (κ1) is 37.2. The minimum atomic E-state index is -4.67. The second-order valence-corrected chi connectivity index (χ2v) is 13.3. The number of unbranched alkanes of at least 4 members (excludes halogenated alkanes) is 3. The lowest BCUT2D eigenvalue weighted by atomic mass is 9.98. The van der Waals surface area contributed by atoms with E-state index in [1.807, 2.05) is 12.1 Å². The molecule has 0 saturated heterocycles. The highest BCUT2D eigenvalue weighted by Gasteiger charge is 2.22. The van der Waals surface area contributed by atoms with E-state index in [9.17, 15) is 13.2 Å². The van der Waals surface area contributed by atoms with Crippen LogP contribution in [0.1, 0.15) is 87.4 Å². The summed E-state index contributed by atoms with van der Waals surface area (Å²) in [6.45, 7) is 10.5. The minimum Gasteiger partial charge on any atom is -0.494 e. The SMILES string of the molecule is CCCCc1oc2ccc(NS(C)(=O)=O)cc2c1C(=O)c1ccc(OCCCN(CCCC)CCCC)cc1.O=S(=O)(O)O. The summed E-state index contributed by atoms with van der Waals surface area (Å²) in [6, 6.07) is 12.3. The van der Waals surface area contributed by atoms with E-state index in [0.717, 1.165) is 50.9 Å². The molecule has 0 unspecified atom stereocenters. The summed E-state index contributed by atoms with van der Waals surface area (Å²) < 4.78 is 69.6. The molecule has 0 saturated carbocycles. The van der Waals surface area contributed by atoms with Crippen LogP contribution in [0.4, 0.5) is 5.69 Å². The molecule has 0 atom stereocenters. The normalized spacial score (nSPS) is 11.8. The first-order chi connectivity index (χ1) is 20.8. The molecule has 0 bridgehead atoms. The van der Waals surface area contributed by atoms with Crippen LogP contribution in [0.15, 0.2) is 46.9 Å². The highest BCUT2D eigenvalue weighted by atomic mass is 32.3. The second-order valence-electron chi connectivity index (χ2n) is 10.6. The van der Waals surface area contributed by atoms with E-state index in [1.165, 1.54) is 25.7 Å². The molecule has 3 aromatic rings. The van der Waals surface area contributed by atoms with Crippen LogP contribution in [0.5, 0.6) is 5.75 Å². The number of aryl methyl sites for hydroxylation is 1. The van der Waals surface area contributed by atoms with Crippen molar-refractivity contribution in [1.82, 2.24) is 4.90 Å². The Balaban J connectivity index is 0.00000125. The Morgan fingerprint density at radius 1 is 0.864 bits per heavy atom. The van der Waals surface area contributed by atoms with E-state index in [2.05, 4.69) is 30.4 Å². The van der Waals surface area contributed by atoms with Crippen molar-refractivity contribution < 1.29 is 39.9 Å². The predicted molar refractivity (Wildman–Crippen MR) is 174 cm³/mol. The lowest BCUT2D eigenvalue weighted by Crippen LogP contribution is -2.28. The number of rotatable bonds is 18. The van der Waals surface area contributed by atoms with E-state index < -0.39 is 20.4 Å². The summed E-state index contributed by atoms with van der Waals surface area (Å²) in [5.74, 6) is 1.22. The van der Waals surface area contributed by atoms with Crippen LogP contribution in [-0.2, 0) is 26.8 Å². The summed E-state index contributed by atoms with van der Waals surface area (Å²) in [4.78, 5) is 16.2. The third kappa shape index (κ3) is 13.8. The summed E-state index contributed by atoms with van der Waals surface area (Å²) in [6.07, 6.45) is 9.40. The monoisotopic (exact) mass is 654 g/mol. The highest BCUT2D eigenvalue weighted by molar-refractivity contribution is 7.92. The minimum absolute atomic E-state index is 0.148. The molecule has 0 fully saturated rings. The topological polar surface area (TPSA) is 163 Å². The number of carbonyl (C=O) groups is 1. The molecule has 0 amide bonds. The molecular formula is C31H46N2O9S2. The zero-order chi connectivity index (χ0) is 32.8. The van der Waals surface area contributed by atoms with Gasteiger partial charge in [0.15, 0.2) is 5.78 Å². The van der Waals surface area contributed by atoms with Crippen LogP contribution in [0.3, 0.4) is 0 Å². The molecule has 0 spiro atoms. The van der Waals surface area contributed by atoms with Gasteiger partial charge in [-0.05, 0) is 81.2 Å². The smallest absolute Gasteiger partial charge is 0.394 e. The second kappa shape index (κ2) is 18.1. The first-order valence-electron chi connectivity index (χ1n) is 15.0. The van der Waals surface area contributed by atoms with Gasteiger partial charge in [-0.3, -0.25) is 18.6 Å². The third-order valence-corrected chi connectivity index (χ3v) is 7.31. The fraction of sp³-hybridized carbons (Fsp3) is 0.516. The van der Waals surface area contributed by atoms with Gasteiger partial charge in [-0.25, -0.2) is 8.42 Å². The van der Waals surface area contributed by atoms with Gasteiger partial charge in [0.1, 0.15) is 17.1 Å². The molecule has 44 heavy (non-hydrogen) atoms. The van der Waals surface area contributed by atoms with Crippen molar-refractivity contribution >= 4 is 42.9 Å². The molecule has 13 heteroatoms. The molecule has 3 rings (SSSR count). The Morgan fingerprint density at radius 3 is 1.98 bits per heavy atom. The number of furan rings is 1. The Labute approximate surface area is 261 Å². The van der Waals surface area contributed by atoms with Gasteiger partial charge in [0.25, 0.3) is 0 Å². The van der Waals surface area contributed by atoms with Crippen molar-refractivity contribution in [2.24, 2.45) is 0 Å². The van der Waals surface area contributed by atoms with Crippen LogP contribution in [-0.4, -0.2) is 69.1 Å². The van der Waals surface area contributed by atoms with Gasteiger partial charge < -0.3 is 14.1 Å². The number of sulfonamides is 1. The van der Waals surface area contributed by atoms with Crippen molar-refractivity contribution in [2.75, 3.05) is 37.2 Å². The van der Waals surface area contributed by atoms with Crippen LogP contribution in [0.2, 0.25) is 0 Å². The molecule has 0 aliphatic rings. The van der Waals surface area contributed by atoms with Gasteiger partial charge in [-0.1, -0.05) is 40.0 Å². The molecular weight excluding hydrogens is 608 g/mol. The number of nitrogens with zero attached hydrogens (tertiary/aromatic N) is 1. The predicted octanol–water partition coefficient (Wildman–Crippen LogP) is 6.40. The molecule has 1 aromatic heterocycles. The quantitative estimate of drug-likeness (QED) is 0.0795.